The number of methoxy groups -OCH3 is 1. The summed E-state index contributed by atoms with van der Waals surface area (Å²) in [5, 5.41) is 0. The Bertz CT molecular complexity index is 771. The number of carbonyl (C=O) groups excluding carboxylic acids is 2. The van der Waals surface area contributed by atoms with Gasteiger partial charge in [-0.3, -0.25) is 9.59 Å². The Morgan fingerprint density at radius 2 is 1.74 bits per heavy atom. The highest BCUT2D eigenvalue weighted by atomic mass is 16.5. The van der Waals surface area contributed by atoms with Gasteiger partial charge >= 0.3 is 5.97 Å². The van der Waals surface area contributed by atoms with E-state index in [1.807, 2.05) is 54.6 Å². The number of rotatable bonds is 9. The van der Waals surface area contributed by atoms with Gasteiger partial charge in [0.05, 0.1) is 20.1 Å². The van der Waals surface area contributed by atoms with Gasteiger partial charge in [-0.25, -0.2) is 0 Å². The molecule has 0 fully saturated rings. The molecule has 0 bridgehead atoms. The number of hydrogen-bond donors (Lipinski definition) is 0. The fourth-order valence-electron chi connectivity index (χ4n) is 2.60. The number of benzene rings is 2. The van der Waals surface area contributed by atoms with Gasteiger partial charge in [0, 0.05) is 24.7 Å². The van der Waals surface area contributed by atoms with Crippen LogP contribution >= 0.6 is 0 Å². The van der Waals surface area contributed by atoms with Crippen molar-refractivity contribution in [2.24, 2.45) is 0 Å². The maximum absolute atomic E-state index is 12.7. The van der Waals surface area contributed by atoms with Crippen LogP contribution in [0.1, 0.15) is 24.5 Å². The van der Waals surface area contributed by atoms with Crippen LogP contribution in [0.3, 0.4) is 0 Å². The monoisotopic (exact) mass is 367 g/mol. The Morgan fingerprint density at radius 1 is 1.04 bits per heavy atom. The van der Waals surface area contributed by atoms with Gasteiger partial charge in [-0.1, -0.05) is 48.5 Å². The Labute approximate surface area is 160 Å². The van der Waals surface area contributed by atoms with Crippen molar-refractivity contribution in [2.45, 2.75) is 19.9 Å². The van der Waals surface area contributed by atoms with Crippen molar-refractivity contribution in [3.05, 3.63) is 71.8 Å². The van der Waals surface area contributed by atoms with E-state index in [0.717, 1.165) is 11.1 Å². The van der Waals surface area contributed by atoms with E-state index in [-0.39, 0.29) is 18.3 Å². The van der Waals surface area contributed by atoms with Crippen LogP contribution in [0.2, 0.25) is 0 Å². The van der Waals surface area contributed by atoms with Crippen molar-refractivity contribution in [3.63, 3.8) is 0 Å². The van der Waals surface area contributed by atoms with E-state index in [0.29, 0.717) is 25.4 Å². The van der Waals surface area contributed by atoms with Gasteiger partial charge in [0.1, 0.15) is 5.75 Å². The van der Waals surface area contributed by atoms with Crippen LogP contribution in [-0.4, -0.2) is 37.0 Å². The molecule has 142 valence electrons. The molecule has 2 rings (SSSR count). The lowest BCUT2D eigenvalue weighted by Crippen LogP contribution is -2.31. The standard InChI is InChI=1S/C22H25NO4/c1-3-27-22(25)15-16-23(17-18-9-5-4-6-10-18)21(24)14-13-19-11-7-8-12-20(19)26-2/h4-14H,3,15-17H2,1-2H3/b14-13+. The topological polar surface area (TPSA) is 55.8 Å². The first-order chi connectivity index (χ1) is 13.1. The normalized spacial score (nSPS) is 10.6. The largest absolute Gasteiger partial charge is 0.496 e. The molecule has 0 atom stereocenters. The van der Waals surface area contributed by atoms with Crippen LogP contribution in [-0.2, 0) is 20.9 Å². The molecule has 1 amide bonds. The third-order valence-electron chi connectivity index (χ3n) is 3.96. The molecule has 27 heavy (non-hydrogen) atoms. The summed E-state index contributed by atoms with van der Waals surface area (Å²) in [6.45, 7) is 2.82. The van der Waals surface area contributed by atoms with E-state index in [1.165, 1.54) is 6.08 Å². The highest BCUT2D eigenvalue weighted by molar-refractivity contribution is 5.92. The zero-order valence-corrected chi connectivity index (χ0v) is 15.8. The van der Waals surface area contributed by atoms with Gasteiger partial charge in [0.15, 0.2) is 0 Å². The molecule has 0 radical (unpaired) electrons. The molecule has 0 N–H and O–H groups in total. The van der Waals surface area contributed by atoms with E-state index in [1.54, 1.807) is 25.0 Å². The SMILES string of the molecule is CCOC(=O)CCN(Cc1ccccc1)C(=O)/C=C/c1ccccc1OC. The van der Waals surface area contributed by atoms with Crippen molar-refractivity contribution in [3.8, 4) is 5.75 Å². The fraction of sp³-hybridized carbons (Fsp3) is 0.273. The quantitative estimate of drug-likeness (QED) is 0.501. The Hall–Kier alpha value is -3.08. The number of ether oxygens (including phenoxy) is 2. The molecule has 0 unspecified atom stereocenters. The lowest BCUT2D eigenvalue weighted by Gasteiger charge is -2.21. The van der Waals surface area contributed by atoms with E-state index < -0.39 is 0 Å². The molecule has 0 aromatic heterocycles. The van der Waals surface area contributed by atoms with Gasteiger partial charge < -0.3 is 14.4 Å². The fourth-order valence-corrected chi connectivity index (χ4v) is 2.60. The Balaban J connectivity index is 2.11. The smallest absolute Gasteiger partial charge is 0.307 e. The number of nitrogens with zero attached hydrogens (tertiary/aromatic N) is 1. The summed E-state index contributed by atoms with van der Waals surface area (Å²) in [7, 11) is 1.59. The minimum atomic E-state index is -0.308. The van der Waals surface area contributed by atoms with Gasteiger partial charge in [0.2, 0.25) is 5.91 Å². The van der Waals surface area contributed by atoms with Gasteiger partial charge in [-0.05, 0) is 24.6 Å². The molecule has 0 aliphatic heterocycles. The minimum Gasteiger partial charge on any atom is -0.496 e. The maximum atomic E-state index is 12.7. The highest BCUT2D eigenvalue weighted by Gasteiger charge is 2.14. The predicted octanol–water partition coefficient (Wildman–Crippen LogP) is 3.69. The van der Waals surface area contributed by atoms with Crippen molar-refractivity contribution in [2.75, 3.05) is 20.3 Å². The zero-order valence-electron chi connectivity index (χ0n) is 15.8. The van der Waals surface area contributed by atoms with E-state index >= 15 is 0 Å². The van der Waals surface area contributed by atoms with Crippen LogP contribution in [0.4, 0.5) is 0 Å². The van der Waals surface area contributed by atoms with Gasteiger partial charge in [-0.15, -0.1) is 0 Å². The summed E-state index contributed by atoms with van der Waals surface area (Å²) in [5.74, 6) is 0.216. The Kier molecular flexibility index (Phi) is 8.10. The molecule has 5 nitrogen and oxygen atoms in total. The van der Waals surface area contributed by atoms with Crippen LogP contribution in [0.15, 0.2) is 60.7 Å². The average molecular weight is 367 g/mol. The van der Waals surface area contributed by atoms with E-state index in [4.69, 9.17) is 9.47 Å². The lowest BCUT2D eigenvalue weighted by atomic mass is 10.1. The lowest BCUT2D eigenvalue weighted by molar-refractivity contribution is -0.143. The molecule has 0 saturated heterocycles. The molecule has 2 aromatic rings. The molecule has 0 heterocycles. The van der Waals surface area contributed by atoms with Crippen molar-refractivity contribution >= 4 is 18.0 Å². The number of amides is 1. The van der Waals surface area contributed by atoms with Crippen LogP contribution in [0, 0.1) is 0 Å². The van der Waals surface area contributed by atoms with Crippen LogP contribution in [0.25, 0.3) is 6.08 Å². The summed E-state index contributed by atoms with van der Waals surface area (Å²) in [4.78, 5) is 26.1. The van der Waals surface area contributed by atoms with E-state index in [9.17, 15) is 9.59 Å². The summed E-state index contributed by atoms with van der Waals surface area (Å²) in [6, 6.07) is 17.2. The molecule has 0 aliphatic rings. The molecule has 0 aliphatic carbocycles. The molecule has 0 spiro atoms. The summed E-state index contributed by atoms with van der Waals surface area (Å²) in [6.07, 6.45) is 3.39. The first-order valence-electron chi connectivity index (χ1n) is 8.93. The Morgan fingerprint density at radius 3 is 2.44 bits per heavy atom. The predicted molar refractivity (Wildman–Crippen MR) is 105 cm³/mol. The molecule has 5 heteroatoms. The highest BCUT2D eigenvalue weighted by Crippen LogP contribution is 2.19. The molecular weight excluding hydrogens is 342 g/mol. The minimum absolute atomic E-state index is 0.162. The summed E-state index contributed by atoms with van der Waals surface area (Å²) in [5.41, 5.74) is 1.82. The van der Waals surface area contributed by atoms with E-state index in [2.05, 4.69) is 0 Å². The van der Waals surface area contributed by atoms with Crippen molar-refractivity contribution in [1.29, 1.82) is 0 Å². The first-order valence-corrected chi connectivity index (χ1v) is 8.93. The zero-order chi connectivity index (χ0) is 19.5. The average Bonchev–Trinajstić information content (AvgIpc) is 2.70. The number of para-hydroxylation sites is 1. The first kappa shape index (κ1) is 20.2. The second kappa shape index (κ2) is 10.8. The van der Waals surface area contributed by atoms with Gasteiger partial charge in [0.25, 0.3) is 0 Å². The summed E-state index contributed by atoms with van der Waals surface area (Å²) < 4.78 is 10.3. The maximum Gasteiger partial charge on any atom is 0.307 e. The molecule has 2 aromatic carbocycles. The summed E-state index contributed by atoms with van der Waals surface area (Å²) >= 11 is 0. The third kappa shape index (κ3) is 6.62. The number of carbonyl (C=O) groups is 2. The number of esters is 1. The molecule has 0 saturated carbocycles. The number of hydrogen-bond acceptors (Lipinski definition) is 4. The van der Waals surface area contributed by atoms with Crippen molar-refractivity contribution < 1.29 is 19.1 Å². The second-order valence-electron chi connectivity index (χ2n) is 5.88. The second-order valence-corrected chi connectivity index (χ2v) is 5.88. The van der Waals surface area contributed by atoms with Gasteiger partial charge in [-0.2, -0.15) is 0 Å². The molecular formula is C22H25NO4. The van der Waals surface area contributed by atoms with Crippen LogP contribution < -0.4 is 4.74 Å². The van der Waals surface area contributed by atoms with Crippen LogP contribution in [0.5, 0.6) is 5.75 Å². The van der Waals surface area contributed by atoms with Crippen molar-refractivity contribution in [1.82, 2.24) is 4.90 Å². The third-order valence-corrected chi connectivity index (χ3v) is 3.96.